The maximum Gasteiger partial charge on any atom is 0.243 e. The third-order valence-electron chi connectivity index (χ3n) is 6.61. The summed E-state index contributed by atoms with van der Waals surface area (Å²) in [6.07, 6.45) is 8.26. The van der Waals surface area contributed by atoms with Gasteiger partial charge in [0.25, 0.3) is 0 Å². The SMILES string of the molecule is O=C(NCCc1cn2ccccc2n1)[C@H]1[C@@H]2CNC[C@@H](C2)[C@@H]2CCCC(=O)N21. The molecule has 0 aliphatic carbocycles. The van der Waals surface area contributed by atoms with Crippen molar-refractivity contribution in [1.29, 1.82) is 0 Å². The molecule has 0 spiro atoms. The predicted octanol–water partition coefficient (Wildman–Crippen LogP) is 0.982. The molecule has 3 fully saturated rings. The van der Waals surface area contributed by atoms with Gasteiger partial charge in [0.05, 0.1) is 5.69 Å². The summed E-state index contributed by atoms with van der Waals surface area (Å²) < 4.78 is 1.99. The monoisotopic (exact) mass is 381 g/mol. The number of piperidine rings is 3. The molecule has 5 heterocycles. The summed E-state index contributed by atoms with van der Waals surface area (Å²) in [5.74, 6) is 0.863. The standard InChI is InChI=1S/C21H27N5O2/c27-19-6-3-4-17-14-10-15(12-22-11-14)20(26(17)19)21(28)23-8-7-16-13-25-9-2-1-5-18(25)24-16/h1-2,5,9,13-15,17,20,22H,3-4,6-8,10-12H2,(H,23,28)/t14-,15+,17+,20-/m1/s1. The highest BCUT2D eigenvalue weighted by Crippen LogP contribution is 2.39. The molecule has 3 aliphatic rings. The first kappa shape index (κ1) is 17.7. The topological polar surface area (TPSA) is 78.7 Å². The van der Waals surface area contributed by atoms with E-state index in [-0.39, 0.29) is 29.8 Å². The fourth-order valence-corrected chi connectivity index (χ4v) is 5.38. The lowest BCUT2D eigenvalue weighted by atomic mass is 9.72. The number of nitrogens with one attached hydrogen (secondary N) is 2. The van der Waals surface area contributed by atoms with Crippen molar-refractivity contribution in [2.75, 3.05) is 19.6 Å². The van der Waals surface area contributed by atoms with Crippen molar-refractivity contribution < 1.29 is 9.59 Å². The highest BCUT2D eigenvalue weighted by molar-refractivity contribution is 5.89. The van der Waals surface area contributed by atoms with Gasteiger partial charge in [0.2, 0.25) is 11.8 Å². The van der Waals surface area contributed by atoms with Crippen molar-refractivity contribution in [3.63, 3.8) is 0 Å². The van der Waals surface area contributed by atoms with E-state index in [1.165, 1.54) is 0 Å². The van der Waals surface area contributed by atoms with E-state index in [9.17, 15) is 9.59 Å². The van der Waals surface area contributed by atoms with Crippen LogP contribution in [0.25, 0.3) is 5.65 Å². The minimum atomic E-state index is -0.331. The maximum atomic E-state index is 13.1. The summed E-state index contributed by atoms with van der Waals surface area (Å²) in [4.78, 5) is 32.3. The summed E-state index contributed by atoms with van der Waals surface area (Å²) in [6.45, 7) is 2.32. The first-order chi connectivity index (χ1) is 13.7. The Balaban J connectivity index is 1.27. The molecule has 2 aromatic heterocycles. The van der Waals surface area contributed by atoms with Crippen molar-refractivity contribution in [3.05, 3.63) is 36.3 Å². The van der Waals surface area contributed by atoms with E-state index in [1.54, 1.807) is 0 Å². The fraction of sp³-hybridized carbons (Fsp3) is 0.571. The van der Waals surface area contributed by atoms with Crippen LogP contribution in [0.4, 0.5) is 0 Å². The Morgan fingerprint density at radius 3 is 3.07 bits per heavy atom. The number of hydrogen-bond acceptors (Lipinski definition) is 4. The second-order valence-corrected chi connectivity index (χ2v) is 8.36. The molecular formula is C21H27N5O2. The van der Waals surface area contributed by atoms with Gasteiger partial charge in [-0.05, 0) is 43.9 Å². The number of amides is 2. The van der Waals surface area contributed by atoms with E-state index in [1.807, 2.05) is 39.9 Å². The molecule has 0 radical (unpaired) electrons. The van der Waals surface area contributed by atoms with Gasteiger partial charge in [-0.15, -0.1) is 0 Å². The van der Waals surface area contributed by atoms with Crippen molar-refractivity contribution in [1.82, 2.24) is 24.9 Å². The lowest BCUT2D eigenvalue weighted by Gasteiger charge is -2.53. The molecule has 2 aromatic rings. The van der Waals surface area contributed by atoms with Crippen molar-refractivity contribution in [2.45, 2.75) is 44.2 Å². The van der Waals surface area contributed by atoms with Crippen LogP contribution in [0.2, 0.25) is 0 Å². The van der Waals surface area contributed by atoms with Crippen LogP contribution >= 0.6 is 0 Å². The summed E-state index contributed by atoms with van der Waals surface area (Å²) in [5.41, 5.74) is 1.87. The van der Waals surface area contributed by atoms with Crippen molar-refractivity contribution >= 4 is 17.5 Å². The van der Waals surface area contributed by atoms with Gasteiger partial charge in [-0.3, -0.25) is 9.59 Å². The Morgan fingerprint density at radius 2 is 2.18 bits per heavy atom. The maximum absolute atomic E-state index is 13.1. The highest BCUT2D eigenvalue weighted by Gasteiger charge is 2.50. The van der Waals surface area contributed by atoms with Crippen LogP contribution in [0, 0.1) is 11.8 Å². The minimum Gasteiger partial charge on any atom is -0.354 e. The lowest BCUT2D eigenvalue weighted by Crippen LogP contribution is -2.68. The number of rotatable bonds is 4. The van der Waals surface area contributed by atoms with E-state index in [4.69, 9.17) is 0 Å². The van der Waals surface area contributed by atoms with E-state index in [0.29, 0.717) is 25.3 Å². The Morgan fingerprint density at radius 1 is 1.29 bits per heavy atom. The molecule has 3 saturated heterocycles. The Hall–Kier alpha value is -2.41. The lowest BCUT2D eigenvalue weighted by molar-refractivity contribution is -0.157. The van der Waals surface area contributed by atoms with Crippen LogP contribution in [0.3, 0.4) is 0 Å². The van der Waals surface area contributed by atoms with Crippen LogP contribution < -0.4 is 10.6 Å². The van der Waals surface area contributed by atoms with Crippen LogP contribution in [0.1, 0.15) is 31.4 Å². The number of nitrogens with zero attached hydrogens (tertiary/aromatic N) is 3. The van der Waals surface area contributed by atoms with E-state index in [2.05, 4.69) is 15.6 Å². The van der Waals surface area contributed by atoms with Crippen LogP contribution in [0.5, 0.6) is 0 Å². The molecule has 0 saturated carbocycles. The minimum absolute atomic E-state index is 0.00355. The second-order valence-electron chi connectivity index (χ2n) is 8.36. The molecule has 5 rings (SSSR count). The summed E-state index contributed by atoms with van der Waals surface area (Å²) in [5, 5.41) is 6.58. The third-order valence-corrected chi connectivity index (χ3v) is 6.61. The van der Waals surface area contributed by atoms with Crippen LogP contribution in [0.15, 0.2) is 30.6 Å². The van der Waals surface area contributed by atoms with Gasteiger partial charge in [-0.2, -0.15) is 0 Å². The van der Waals surface area contributed by atoms with Crippen LogP contribution in [-0.2, 0) is 16.0 Å². The van der Waals surface area contributed by atoms with Gasteiger partial charge in [-0.25, -0.2) is 4.98 Å². The molecule has 7 nitrogen and oxygen atoms in total. The Bertz CT molecular complexity index is 861. The summed E-state index contributed by atoms with van der Waals surface area (Å²) in [6, 6.07) is 5.80. The van der Waals surface area contributed by atoms with Gasteiger partial charge in [0.1, 0.15) is 11.7 Å². The van der Waals surface area contributed by atoms with E-state index < -0.39 is 0 Å². The number of aromatic nitrogens is 2. The molecule has 4 atom stereocenters. The molecule has 2 N–H and O–H groups in total. The summed E-state index contributed by atoms with van der Waals surface area (Å²) in [7, 11) is 0. The van der Waals surface area contributed by atoms with E-state index >= 15 is 0 Å². The molecule has 0 unspecified atom stereocenters. The van der Waals surface area contributed by atoms with Gasteiger partial charge < -0.3 is 19.9 Å². The highest BCUT2D eigenvalue weighted by atomic mass is 16.2. The number of carbonyl (C=O) groups is 2. The number of carbonyl (C=O) groups excluding carboxylic acids is 2. The third kappa shape index (κ3) is 3.07. The first-order valence-electron chi connectivity index (χ1n) is 10.4. The zero-order chi connectivity index (χ0) is 19.1. The van der Waals surface area contributed by atoms with E-state index in [0.717, 1.165) is 43.7 Å². The molecule has 2 bridgehead atoms. The predicted molar refractivity (Wildman–Crippen MR) is 105 cm³/mol. The van der Waals surface area contributed by atoms with Gasteiger partial charge in [-0.1, -0.05) is 6.07 Å². The summed E-state index contributed by atoms with van der Waals surface area (Å²) >= 11 is 0. The average molecular weight is 381 g/mol. The van der Waals surface area contributed by atoms with Crippen molar-refractivity contribution in [3.8, 4) is 0 Å². The zero-order valence-corrected chi connectivity index (χ0v) is 16.0. The normalized spacial score (nSPS) is 29.6. The Labute approximate surface area is 164 Å². The largest absolute Gasteiger partial charge is 0.354 e. The number of hydrogen-bond donors (Lipinski definition) is 2. The first-order valence-corrected chi connectivity index (χ1v) is 10.4. The molecular weight excluding hydrogens is 354 g/mol. The van der Waals surface area contributed by atoms with Gasteiger partial charge in [0, 0.05) is 50.3 Å². The zero-order valence-electron chi connectivity index (χ0n) is 16.0. The number of imidazole rings is 1. The molecule has 3 aliphatic heterocycles. The number of fused-ring (bicyclic) bond motifs is 5. The second kappa shape index (κ2) is 7.20. The number of pyridine rings is 1. The molecule has 2 amide bonds. The molecule has 0 aromatic carbocycles. The average Bonchev–Trinajstić information content (AvgIpc) is 3.12. The Kier molecular flexibility index (Phi) is 4.55. The van der Waals surface area contributed by atoms with Gasteiger partial charge >= 0.3 is 0 Å². The van der Waals surface area contributed by atoms with Gasteiger partial charge in [0.15, 0.2) is 0 Å². The quantitative estimate of drug-likeness (QED) is 0.828. The van der Waals surface area contributed by atoms with Crippen LogP contribution in [-0.4, -0.2) is 57.8 Å². The smallest absolute Gasteiger partial charge is 0.243 e. The molecule has 148 valence electrons. The molecule has 7 heteroatoms. The fourth-order valence-electron chi connectivity index (χ4n) is 5.38. The molecule has 28 heavy (non-hydrogen) atoms. The van der Waals surface area contributed by atoms with Crippen molar-refractivity contribution in [2.24, 2.45) is 11.8 Å².